The van der Waals surface area contributed by atoms with Crippen molar-refractivity contribution in [1.82, 2.24) is 4.90 Å². The Morgan fingerprint density at radius 2 is 2.29 bits per heavy atom. The Morgan fingerprint density at radius 3 is 2.94 bits per heavy atom. The zero-order chi connectivity index (χ0) is 12.3. The maximum absolute atomic E-state index is 9.28. The standard InChI is InChI=1S/C14H20ClNO/c1-2-12-6-5-11(8-14(12)15)9-16-7-3-4-13(16)10-17/h5-6,8,13,17H,2-4,7,9-10H2,1H3/t13-/m0/s1. The summed E-state index contributed by atoms with van der Waals surface area (Å²) in [5.74, 6) is 0. The van der Waals surface area contributed by atoms with Crippen molar-refractivity contribution in [3.8, 4) is 0 Å². The number of benzene rings is 1. The smallest absolute Gasteiger partial charge is 0.0587 e. The van der Waals surface area contributed by atoms with E-state index in [9.17, 15) is 5.11 Å². The first kappa shape index (κ1) is 12.9. The summed E-state index contributed by atoms with van der Waals surface area (Å²) in [4.78, 5) is 2.34. The average molecular weight is 254 g/mol. The monoisotopic (exact) mass is 253 g/mol. The fraction of sp³-hybridized carbons (Fsp3) is 0.571. The summed E-state index contributed by atoms with van der Waals surface area (Å²) in [6.45, 7) is 4.36. The van der Waals surface area contributed by atoms with Crippen molar-refractivity contribution in [3.05, 3.63) is 34.3 Å². The van der Waals surface area contributed by atoms with Crippen molar-refractivity contribution in [2.24, 2.45) is 0 Å². The summed E-state index contributed by atoms with van der Waals surface area (Å²) < 4.78 is 0. The van der Waals surface area contributed by atoms with Crippen LogP contribution in [0.15, 0.2) is 18.2 Å². The van der Waals surface area contributed by atoms with Crippen LogP contribution in [-0.2, 0) is 13.0 Å². The third-order valence-electron chi connectivity index (χ3n) is 3.59. The molecule has 1 aromatic rings. The van der Waals surface area contributed by atoms with E-state index in [-0.39, 0.29) is 6.61 Å². The lowest BCUT2D eigenvalue weighted by molar-refractivity contribution is 0.153. The number of halogens is 1. The van der Waals surface area contributed by atoms with Crippen LogP contribution in [0, 0.1) is 0 Å². The van der Waals surface area contributed by atoms with Gasteiger partial charge in [0.05, 0.1) is 6.61 Å². The van der Waals surface area contributed by atoms with Gasteiger partial charge >= 0.3 is 0 Å². The third kappa shape index (κ3) is 3.01. The average Bonchev–Trinajstić information content (AvgIpc) is 2.76. The van der Waals surface area contributed by atoms with Gasteiger partial charge in [-0.2, -0.15) is 0 Å². The molecule has 0 bridgehead atoms. The molecule has 3 heteroatoms. The largest absolute Gasteiger partial charge is 0.395 e. The van der Waals surface area contributed by atoms with E-state index in [1.165, 1.54) is 17.5 Å². The first-order chi connectivity index (χ1) is 8.24. The van der Waals surface area contributed by atoms with Crippen LogP contribution in [0.2, 0.25) is 5.02 Å². The molecule has 1 fully saturated rings. The summed E-state index contributed by atoms with van der Waals surface area (Å²) in [6.07, 6.45) is 3.27. The Morgan fingerprint density at radius 1 is 1.47 bits per heavy atom. The number of likely N-dealkylation sites (tertiary alicyclic amines) is 1. The highest BCUT2D eigenvalue weighted by Gasteiger charge is 2.23. The Balaban J connectivity index is 2.05. The predicted octanol–water partition coefficient (Wildman–Crippen LogP) is 2.86. The molecule has 1 heterocycles. The van der Waals surface area contributed by atoms with Gasteiger partial charge in [0.15, 0.2) is 0 Å². The summed E-state index contributed by atoms with van der Waals surface area (Å²) in [7, 11) is 0. The first-order valence-corrected chi connectivity index (χ1v) is 6.74. The quantitative estimate of drug-likeness (QED) is 0.892. The summed E-state index contributed by atoms with van der Waals surface area (Å²) in [5, 5.41) is 10.1. The Hall–Kier alpha value is -0.570. The summed E-state index contributed by atoms with van der Waals surface area (Å²) in [6, 6.07) is 6.66. The zero-order valence-corrected chi connectivity index (χ0v) is 11.1. The number of hydrogen-bond donors (Lipinski definition) is 1. The van der Waals surface area contributed by atoms with E-state index in [0.29, 0.717) is 6.04 Å². The van der Waals surface area contributed by atoms with Crippen LogP contribution in [0.4, 0.5) is 0 Å². The van der Waals surface area contributed by atoms with E-state index in [0.717, 1.165) is 31.0 Å². The van der Waals surface area contributed by atoms with Gasteiger partial charge < -0.3 is 5.11 Å². The molecule has 1 saturated heterocycles. The van der Waals surface area contributed by atoms with E-state index >= 15 is 0 Å². The molecule has 0 amide bonds. The molecule has 2 nitrogen and oxygen atoms in total. The van der Waals surface area contributed by atoms with Crippen molar-refractivity contribution < 1.29 is 5.11 Å². The first-order valence-electron chi connectivity index (χ1n) is 6.36. The van der Waals surface area contributed by atoms with Crippen LogP contribution >= 0.6 is 11.6 Å². The van der Waals surface area contributed by atoms with Crippen LogP contribution in [0.3, 0.4) is 0 Å². The maximum Gasteiger partial charge on any atom is 0.0587 e. The molecule has 0 radical (unpaired) electrons. The topological polar surface area (TPSA) is 23.5 Å². The molecule has 2 rings (SSSR count). The van der Waals surface area contributed by atoms with Gasteiger partial charge in [0, 0.05) is 17.6 Å². The van der Waals surface area contributed by atoms with E-state index in [4.69, 9.17) is 11.6 Å². The van der Waals surface area contributed by atoms with Gasteiger partial charge in [-0.15, -0.1) is 0 Å². The minimum atomic E-state index is 0.265. The second kappa shape index (κ2) is 5.85. The zero-order valence-electron chi connectivity index (χ0n) is 10.3. The van der Waals surface area contributed by atoms with Gasteiger partial charge in [0.25, 0.3) is 0 Å². The lowest BCUT2D eigenvalue weighted by atomic mass is 10.1. The summed E-state index contributed by atoms with van der Waals surface area (Å²) in [5.41, 5.74) is 2.45. The van der Waals surface area contributed by atoms with E-state index in [1.807, 2.05) is 0 Å². The molecule has 1 aliphatic rings. The number of aliphatic hydroxyl groups is 1. The van der Waals surface area contributed by atoms with Gasteiger partial charge in [-0.1, -0.05) is 30.7 Å². The second-order valence-electron chi connectivity index (χ2n) is 4.73. The number of nitrogens with zero attached hydrogens (tertiary/aromatic N) is 1. The number of hydrogen-bond acceptors (Lipinski definition) is 2. The highest BCUT2D eigenvalue weighted by atomic mass is 35.5. The Labute approximate surface area is 108 Å². The molecular formula is C14H20ClNO. The SMILES string of the molecule is CCc1ccc(CN2CCC[C@H]2CO)cc1Cl. The van der Waals surface area contributed by atoms with Crippen molar-refractivity contribution in [1.29, 1.82) is 0 Å². The molecule has 1 aromatic carbocycles. The van der Waals surface area contributed by atoms with E-state index in [1.54, 1.807) is 0 Å². The predicted molar refractivity (Wildman–Crippen MR) is 71.3 cm³/mol. The molecule has 1 aliphatic heterocycles. The van der Waals surface area contributed by atoms with Gasteiger partial charge in [-0.05, 0) is 43.0 Å². The Bertz CT molecular complexity index is 380. The Kier molecular flexibility index (Phi) is 4.43. The lowest BCUT2D eigenvalue weighted by Gasteiger charge is -2.22. The summed E-state index contributed by atoms with van der Waals surface area (Å²) >= 11 is 6.22. The molecule has 94 valence electrons. The van der Waals surface area contributed by atoms with Crippen molar-refractivity contribution in [2.75, 3.05) is 13.2 Å². The van der Waals surface area contributed by atoms with Crippen LogP contribution < -0.4 is 0 Å². The molecule has 0 spiro atoms. The van der Waals surface area contributed by atoms with E-state index < -0.39 is 0 Å². The lowest BCUT2D eigenvalue weighted by Crippen LogP contribution is -2.31. The third-order valence-corrected chi connectivity index (χ3v) is 3.95. The number of rotatable bonds is 4. The molecule has 0 aliphatic carbocycles. The van der Waals surface area contributed by atoms with Crippen LogP contribution in [-0.4, -0.2) is 29.2 Å². The van der Waals surface area contributed by atoms with Crippen LogP contribution in [0.1, 0.15) is 30.9 Å². The molecule has 1 N–H and O–H groups in total. The van der Waals surface area contributed by atoms with Crippen LogP contribution in [0.5, 0.6) is 0 Å². The van der Waals surface area contributed by atoms with E-state index in [2.05, 4.69) is 30.0 Å². The number of aliphatic hydroxyl groups excluding tert-OH is 1. The van der Waals surface area contributed by atoms with Gasteiger partial charge in [0.2, 0.25) is 0 Å². The fourth-order valence-corrected chi connectivity index (χ4v) is 2.86. The molecule has 17 heavy (non-hydrogen) atoms. The highest BCUT2D eigenvalue weighted by molar-refractivity contribution is 6.31. The van der Waals surface area contributed by atoms with Crippen LogP contribution in [0.25, 0.3) is 0 Å². The molecule has 1 atom stereocenters. The molecule has 0 saturated carbocycles. The minimum Gasteiger partial charge on any atom is -0.395 e. The van der Waals surface area contributed by atoms with Gasteiger partial charge in [-0.25, -0.2) is 0 Å². The fourth-order valence-electron chi connectivity index (χ4n) is 2.52. The van der Waals surface area contributed by atoms with Crippen molar-refractivity contribution in [2.45, 2.75) is 38.8 Å². The normalized spacial score (nSPS) is 21.0. The maximum atomic E-state index is 9.28. The second-order valence-corrected chi connectivity index (χ2v) is 5.14. The minimum absolute atomic E-state index is 0.265. The molecule has 0 unspecified atom stereocenters. The number of aryl methyl sites for hydroxylation is 1. The van der Waals surface area contributed by atoms with Gasteiger partial charge in [0.1, 0.15) is 0 Å². The highest BCUT2D eigenvalue weighted by Crippen LogP contribution is 2.23. The van der Waals surface area contributed by atoms with Gasteiger partial charge in [-0.3, -0.25) is 4.90 Å². The molecular weight excluding hydrogens is 234 g/mol. The molecule has 0 aromatic heterocycles. The van der Waals surface area contributed by atoms with Crippen molar-refractivity contribution >= 4 is 11.6 Å². The van der Waals surface area contributed by atoms with Crippen molar-refractivity contribution in [3.63, 3.8) is 0 Å².